The Morgan fingerprint density at radius 2 is 0.600 bits per heavy atom. The van der Waals surface area contributed by atoms with E-state index in [0.717, 1.165) is 122 Å². The number of hydrogen-bond donors (Lipinski definition) is 0. The van der Waals surface area contributed by atoms with Crippen LogP contribution >= 0.6 is 0 Å². The fourth-order valence-electron chi connectivity index (χ4n) is 7.32. The molecule has 0 aliphatic carbocycles. The summed E-state index contributed by atoms with van der Waals surface area (Å²) in [5.74, 6) is -0.938. The molecule has 6 heteroatoms. The number of carbonyl (C=O) groups is 3. The molecular weight excluding hydrogens is 805 g/mol. The van der Waals surface area contributed by atoms with Gasteiger partial charge in [0, 0.05) is 19.3 Å². The van der Waals surface area contributed by atoms with Crippen molar-refractivity contribution in [1.82, 2.24) is 0 Å². The van der Waals surface area contributed by atoms with Crippen LogP contribution in [0.2, 0.25) is 0 Å². The molecule has 1 atom stereocenters. The van der Waals surface area contributed by atoms with Crippen molar-refractivity contribution in [1.29, 1.82) is 0 Å². The molecule has 0 fully saturated rings. The molecule has 0 saturated heterocycles. The summed E-state index contributed by atoms with van der Waals surface area (Å²) in [6.07, 6.45) is 68.5. The summed E-state index contributed by atoms with van der Waals surface area (Å²) in [6, 6.07) is 0. The minimum absolute atomic E-state index is 0.0947. The predicted molar refractivity (Wildman–Crippen MR) is 279 cm³/mol. The van der Waals surface area contributed by atoms with Crippen LogP contribution in [0.5, 0.6) is 0 Å². The highest BCUT2D eigenvalue weighted by Crippen LogP contribution is 2.15. The minimum Gasteiger partial charge on any atom is -0.462 e. The molecule has 0 aromatic carbocycles. The highest BCUT2D eigenvalue weighted by molar-refractivity contribution is 5.71. The summed E-state index contributed by atoms with van der Waals surface area (Å²) in [4.78, 5) is 38.0. The molecule has 0 aromatic rings. The molecule has 0 rings (SSSR count). The van der Waals surface area contributed by atoms with E-state index in [2.05, 4.69) is 106 Å². The molecule has 0 N–H and O–H groups in total. The van der Waals surface area contributed by atoms with Gasteiger partial charge in [0.1, 0.15) is 13.2 Å². The van der Waals surface area contributed by atoms with Crippen LogP contribution in [0, 0.1) is 0 Å². The molecule has 0 amide bonds. The minimum atomic E-state index is -0.795. The molecule has 0 radical (unpaired) electrons. The summed E-state index contributed by atoms with van der Waals surface area (Å²) < 4.78 is 16.8. The van der Waals surface area contributed by atoms with E-state index in [9.17, 15) is 14.4 Å². The SMILES string of the molecule is CC/C=C\C/C=C\C/C=C\CCCCCCCC(=O)OC[C@H](COC(=O)CCCCC/C=C\C/C=C\C/C=C\C/C=C\CCCCC)OC(=O)CCCCCCCCCCCCCCC. The summed E-state index contributed by atoms with van der Waals surface area (Å²) in [5.41, 5.74) is 0. The topological polar surface area (TPSA) is 78.9 Å². The van der Waals surface area contributed by atoms with Gasteiger partial charge < -0.3 is 14.2 Å². The first-order chi connectivity index (χ1) is 32.0. The van der Waals surface area contributed by atoms with E-state index < -0.39 is 6.10 Å². The third-order valence-electron chi connectivity index (χ3n) is 11.4. The Hall–Kier alpha value is -3.41. The second-order valence-electron chi connectivity index (χ2n) is 17.8. The summed E-state index contributed by atoms with van der Waals surface area (Å²) >= 11 is 0. The van der Waals surface area contributed by atoms with Gasteiger partial charge in [0.15, 0.2) is 6.10 Å². The van der Waals surface area contributed by atoms with Crippen molar-refractivity contribution >= 4 is 17.9 Å². The molecule has 0 saturated carbocycles. The molecule has 0 heterocycles. The van der Waals surface area contributed by atoms with E-state index in [1.165, 1.54) is 89.9 Å². The van der Waals surface area contributed by atoms with Gasteiger partial charge in [0.2, 0.25) is 0 Å². The monoisotopic (exact) mass is 905 g/mol. The number of hydrogen-bond acceptors (Lipinski definition) is 6. The molecule has 6 nitrogen and oxygen atoms in total. The lowest BCUT2D eigenvalue weighted by Crippen LogP contribution is -2.30. The Kier molecular flexibility index (Phi) is 50.4. The largest absolute Gasteiger partial charge is 0.462 e. The van der Waals surface area contributed by atoms with Crippen molar-refractivity contribution in [2.45, 2.75) is 258 Å². The van der Waals surface area contributed by atoms with E-state index in [1.54, 1.807) is 0 Å². The number of rotatable bonds is 48. The lowest BCUT2D eigenvalue weighted by Gasteiger charge is -2.18. The van der Waals surface area contributed by atoms with Gasteiger partial charge in [-0.1, -0.05) is 221 Å². The van der Waals surface area contributed by atoms with Crippen LogP contribution in [0.15, 0.2) is 85.1 Å². The smallest absolute Gasteiger partial charge is 0.306 e. The first-order valence-corrected chi connectivity index (χ1v) is 27.1. The number of carbonyl (C=O) groups excluding carboxylic acids is 3. The third kappa shape index (κ3) is 51.4. The van der Waals surface area contributed by atoms with E-state index in [-0.39, 0.29) is 31.1 Å². The predicted octanol–water partition coefficient (Wildman–Crippen LogP) is 18.0. The maximum absolute atomic E-state index is 12.8. The number of allylic oxidation sites excluding steroid dienone is 14. The maximum atomic E-state index is 12.8. The molecule has 0 aliphatic rings. The molecule has 372 valence electrons. The molecule has 0 aromatic heterocycles. The fraction of sp³-hybridized carbons (Fsp3) is 0.712. The maximum Gasteiger partial charge on any atom is 0.306 e. The van der Waals surface area contributed by atoms with E-state index in [1.807, 2.05) is 0 Å². The Morgan fingerprint density at radius 3 is 0.985 bits per heavy atom. The zero-order chi connectivity index (χ0) is 47.2. The summed E-state index contributed by atoms with van der Waals surface area (Å²) in [5, 5.41) is 0. The molecule has 0 bridgehead atoms. The highest BCUT2D eigenvalue weighted by Gasteiger charge is 2.19. The highest BCUT2D eigenvalue weighted by atomic mass is 16.6. The van der Waals surface area contributed by atoms with Crippen molar-refractivity contribution in [3.63, 3.8) is 0 Å². The van der Waals surface area contributed by atoms with Gasteiger partial charge in [-0.05, 0) is 96.3 Å². The standard InChI is InChI=1S/C59H100O6/c1-4-7-10-13-16-19-22-25-27-28-29-30-32-35-37-40-43-46-49-52-58(61)64-55-56(65-59(62)53-50-47-44-41-38-33-24-21-18-15-12-9-6-3)54-63-57(60)51-48-45-42-39-36-34-31-26-23-20-17-14-11-8-5-2/h8,11,16-17,19-20,25-27,29-31,35,37,56H,4-7,9-10,12-15,18,21-24,28,32-34,36,38-55H2,1-3H3/b11-8-,19-16-,20-17-,27-25-,30-29-,31-26-,37-35-/t56-/m1/s1. The van der Waals surface area contributed by atoms with Gasteiger partial charge in [0.05, 0.1) is 0 Å². The lowest BCUT2D eigenvalue weighted by molar-refractivity contribution is -0.167. The van der Waals surface area contributed by atoms with Crippen LogP contribution in [-0.2, 0) is 28.6 Å². The average Bonchev–Trinajstić information content (AvgIpc) is 3.30. The van der Waals surface area contributed by atoms with Gasteiger partial charge in [-0.2, -0.15) is 0 Å². The number of unbranched alkanes of at least 4 members (excludes halogenated alkanes) is 23. The van der Waals surface area contributed by atoms with Crippen molar-refractivity contribution in [2.24, 2.45) is 0 Å². The van der Waals surface area contributed by atoms with Gasteiger partial charge in [-0.3, -0.25) is 14.4 Å². The first kappa shape index (κ1) is 61.6. The Bertz CT molecular complexity index is 1270. The van der Waals surface area contributed by atoms with Crippen molar-refractivity contribution in [3.8, 4) is 0 Å². The fourth-order valence-corrected chi connectivity index (χ4v) is 7.32. The molecule has 0 spiro atoms. The van der Waals surface area contributed by atoms with Crippen molar-refractivity contribution in [2.75, 3.05) is 13.2 Å². The first-order valence-electron chi connectivity index (χ1n) is 27.1. The van der Waals surface area contributed by atoms with E-state index >= 15 is 0 Å². The Labute approximate surface area is 401 Å². The van der Waals surface area contributed by atoms with Crippen LogP contribution in [0.3, 0.4) is 0 Å². The van der Waals surface area contributed by atoms with E-state index in [0.29, 0.717) is 19.3 Å². The van der Waals surface area contributed by atoms with Crippen LogP contribution in [0.1, 0.15) is 252 Å². The average molecular weight is 905 g/mol. The Morgan fingerprint density at radius 1 is 0.323 bits per heavy atom. The van der Waals surface area contributed by atoms with Crippen LogP contribution in [0.4, 0.5) is 0 Å². The molecular formula is C59H100O6. The second-order valence-corrected chi connectivity index (χ2v) is 17.8. The number of ether oxygens (including phenoxy) is 3. The van der Waals surface area contributed by atoms with Gasteiger partial charge in [-0.15, -0.1) is 0 Å². The summed E-state index contributed by atoms with van der Waals surface area (Å²) in [7, 11) is 0. The lowest BCUT2D eigenvalue weighted by atomic mass is 10.0. The van der Waals surface area contributed by atoms with Gasteiger partial charge in [0.25, 0.3) is 0 Å². The zero-order valence-corrected chi connectivity index (χ0v) is 42.5. The molecule has 65 heavy (non-hydrogen) atoms. The normalized spacial score (nSPS) is 12.7. The van der Waals surface area contributed by atoms with Gasteiger partial charge >= 0.3 is 17.9 Å². The quantitative estimate of drug-likeness (QED) is 0.0262. The van der Waals surface area contributed by atoms with E-state index in [4.69, 9.17) is 14.2 Å². The molecule has 0 aliphatic heterocycles. The van der Waals surface area contributed by atoms with Crippen LogP contribution < -0.4 is 0 Å². The van der Waals surface area contributed by atoms with Crippen LogP contribution in [0.25, 0.3) is 0 Å². The third-order valence-corrected chi connectivity index (χ3v) is 11.4. The summed E-state index contributed by atoms with van der Waals surface area (Å²) in [6.45, 7) is 6.46. The van der Waals surface area contributed by atoms with Crippen molar-refractivity contribution < 1.29 is 28.6 Å². The Balaban J connectivity index is 4.45. The molecule has 0 unspecified atom stereocenters. The van der Waals surface area contributed by atoms with Gasteiger partial charge in [-0.25, -0.2) is 0 Å². The van der Waals surface area contributed by atoms with Crippen LogP contribution in [-0.4, -0.2) is 37.2 Å². The second kappa shape index (κ2) is 53.2. The zero-order valence-electron chi connectivity index (χ0n) is 42.5. The number of esters is 3. The van der Waals surface area contributed by atoms with Crippen molar-refractivity contribution in [3.05, 3.63) is 85.1 Å².